The van der Waals surface area contributed by atoms with Gasteiger partial charge in [-0.1, -0.05) is 54.6 Å². The quantitative estimate of drug-likeness (QED) is 0.290. The smallest absolute Gasteiger partial charge is 0.352 e. The molecule has 1 unspecified atom stereocenters. The van der Waals surface area contributed by atoms with E-state index in [9.17, 15) is 13.2 Å². The van der Waals surface area contributed by atoms with Crippen LogP contribution in [0, 0.1) is 0 Å². The molecule has 36 heavy (non-hydrogen) atoms. The molecule has 2 aromatic heterocycles. The van der Waals surface area contributed by atoms with Crippen molar-refractivity contribution >= 4 is 16.5 Å². The number of allylic oxidation sites excluding steroid dienone is 5. The Morgan fingerprint density at radius 2 is 1.97 bits per heavy atom. The highest BCUT2D eigenvalue weighted by Gasteiger charge is 2.37. The Morgan fingerprint density at radius 3 is 2.72 bits per heavy atom. The average molecular weight is 489 g/mol. The molecule has 0 fully saturated rings. The topological polar surface area (TPSA) is 46.5 Å². The Morgan fingerprint density at radius 1 is 1.17 bits per heavy atom. The molecule has 2 aromatic carbocycles. The molecule has 0 bridgehead atoms. The summed E-state index contributed by atoms with van der Waals surface area (Å²) in [6.45, 7) is 8.56. The molecule has 0 radical (unpaired) electrons. The monoisotopic (exact) mass is 488 g/mol. The van der Waals surface area contributed by atoms with Crippen LogP contribution in [0.25, 0.3) is 28.0 Å². The molecule has 3 heterocycles. The molecule has 1 aliphatic heterocycles. The van der Waals surface area contributed by atoms with E-state index in [1.165, 1.54) is 6.07 Å². The van der Waals surface area contributed by atoms with Gasteiger partial charge in [-0.3, -0.25) is 0 Å². The van der Waals surface area contributed by atoms with E-state index in [-0.39, 0.29) is 5.56 Å². The predicted molar refractivity (Wildman–Crippen MR) is 137 cm³/mol. The highest BCUT2D eigenvalue weighted by molar-refractivity contribution is 5.89. The Labute approximate surface area is 207 Å². The highest BCUT2D eigenvalue weighted by atomic mass is 19.4. The summed E-state index contributed by atoms with van der Waals surface area (Å²) in [5, 5.41) is 5.68. The number of benzene rings is 2. The lowest BCUT2D eigenvalue weighted by atomic mass is 9.88. The summed E-state index contributed by atoms with van der Waals surface area (Å²) in [4.78, 5) is 8.12. The maximum absolute atomic E-state index is 13.7. The van der Waals surface area contributed by atoms with Crippen LogP contribution in [0.2, 0.25) is 0 Å². The van der Waals surface area contributed by atoms with E-state index in [4.69, 9.17) is 4.98 Å². The third kappa shape index (κ3) is 4.53. The average Bonchev–Trinajstić information content (AvgIpc) is 3.46. The Kier molecular flexibility index (Phi) is 6.16. The van der Waals surface area contributed by atoms with Crippen molar-refractivity contribution in [3.63, 3.8) is 0 Å². The predicted octanol–water partition coefficient (Wildman–Crippen LogP) is 7.91. The number of hydrogen-bond acceptors (Lipinski definition) is 2. The first-order chi connectivity index (χ1) is 17.2. The molecule has 0 saturated carbocycles. The number of nitrogens with zero attached hydrogens (tertiary/aromatic N) is 3. The fraction of sp³-hybridized carbons (Fsp3) is 0.241. The van der Waals surface area contributed by atoms with E-state index in [0.717, 1.165) is 45.8 Å². The van der Waals surface area contributed by atoms with E-state index in [0.29, 0.717) is 24.6 Å². The van der Waals surface area contributed by atoms with E-state index >= 15 is 0 Å². The zero-order valence-corrected chi connectivity index (χ0v) is 20.2. The fourth-order valence-corrected chi connectivity index (χ4v) is 4.92. The molecule has 0 saturated heterocycles. The van der Waals surface area contributed by atoms with Gasteiger partial charge in [-0.25, -0.2) is 9.67 Å². The van der Waals surface area contributed by atoms with Crippen LogP contribution in [0.4, 0.5) is 13.2 Å². The van der Waals surface area contributed by atoms with Crippen molar-refractivity contribution in [3.8, 4) is 11.5 Å². The number of H-pyrrole nitrogens is 1. The summed E-state index contributed by atoms with van der Waals surface area (Å²) in [7, 11) is 0. The summed E-state index contributed by atoms with van der Waals surface area (Å²) in [6, 6.07) is 13.9. The van der Waals surface area contributed by atoms with Crippen LogP contribution in [0.5, 0.6) is 0 Å². The van der Waals surface area contributed by atoms with Crippen molar-refractivity contribution in [3.05, 3.63) is 101 Å². The Bertz CT molecular complexity index is 1500. The third-order valence-electron chi connectivity index (χ3n) is 6.46. The van der Waals surface area contributed by atoms with Gasteiger partial charge in [-0.2, -0.15) is 13.2 Å². The van der Waals surface area contributed by atoms with Crippen LogP contribution in [-0.4, -0.2) is 19.7 Å². The molecular formula is C29H27F3N4. The second kappa shape index (κ2) is 9.30. The molecule has 1 atom stereocenters. The van der Waals surface area contributed by atoms with E-state index in [2.05, 4.69) is 22.7 Å². The fourth-order valence-electron chi connectivity index (χ4n) is 4.92. The normalized spacial score (nSPS) is 16.6. The summed E-state index contributed by atoms with van der Waals surface area (Å²) in [5.41, 5.74) is 4.43. The van der Waals surface area contributed by atoms with Crippen LogP contribution in [0.3, 0.4) is 0 Å². The number of hydrogen-bond donors (Lipinski definition) is 1. The van der Waals surface area contributed by atoms with Crippen LogP contribution < -0.4 is 0 Å². The van der Waals surface area contributed by atoms with E-state index in [1.54, 1.807) is 16.8 Å². The van der Waals surface area contributed by atoms with Gasteiger partial charge in [-0.05, 0) is 67.7 Å². The number of alkyl halides is 3. The lowest BCUT2D eigenvalue weighted by Crippen LogP contribution is -2.21. The van der Waals surface area contributed by atoms with Crippen molar-refractivity contribution in [1.82, 2.24) is 19.7 Å². The SMILES string of the molecule is C=C(C)/C=C(\C=C/C)c1ccc2[nH]c(-c3nc4n(n3)CCCC4c3ccccc3C(F)(F)F)cc2c1. The van der Waals surface area contributed by atoms with E-state index in [1.807, 2.05) is 50.3 Å². The number of aromatic amines is 1. The minimum absolute atomic E-state index is 0.256. The second-order valence-electron chi connectivity index (χ2n) is 9.23. The van der Waals surface area contributed by atoms with Gasteiger partial charge >= 0.3 is 6.18 Å². The first-order valence-corrected chi connectivity index (χ1v) is 12.0. The molecule has 1 aliphatic rings. The lowest BCUT2D eigenvalue weighted by molar-refractivity contribution is -0.138. The first kappa shape index (κ1) is 23.9. The van der Waals surface area contributed by atoms with Gasteiger partial charge in [0.25, 0.3) is 0 Å². The number of aromatic nitrogens is 4. The van der Waals surface area contributed by atoms with Gasteiger partial charge in [0.2, 0.25) is 0 Å². The van der Waals surface area contributed by atoms with Crippen LogP contribution in [-0.2, 0) is 12.7 Å². The number of nitrogens with one attached hydrogen (secondary N) is 1. The molecule has 4 nitrogen and oxygen atoms in total. The number of rotatable bonds is 5. The van der Waals surface area contributed by atoms with Crippen molar-refractivity contribution in [2.75, 3.05) is 0 Å². The molecular weight excluding hydrogens is 461 g/mol. The Hall–Kier alpha value is -3.87. The summed E-state index contributed by atoms with van der Waals surface area (Å²) < 4.78 is 42.9. The highest BCUT2D eigenvalue weighted by Crippen LogP contribution is 2.41. The lowest BCUT2D eigenvalue weighted by Gasteiger charge is -2.25. The number of aryl methyl sites for hydroxylation is 1. The molecule has 0 amide bonds. The zero-order chi connectivity index (χ0) is 25.4. The molecule has 5 rings (SSSR count). The van der Waals surface area contributed by atoms with Gasteiger partial charge in [0, 0.05) is 23.4 Å². The maximum atomic E-state index is 13.7. The van der Waals surface area contributed by atoms with Gasteiger partial charge in [0.05, 0.1) is 11.3 Å². The van der Waals surface area contributed by atoms with Gasteiger partial charge < -0.3 is 4.98 Å². The molecule has 1 N–H and O–H groups in total. The van der Waals surface area contributed by atoms with Crippen LogP contribution in [0.1, 0.15) is 55.1 Å². The van der Waals surface area contributed by atoms with Gasteiger partial charge in [0.1, 0.15) is 5.82 Å². The molecule has 184 valence electrons. The summed E-state index contributed by atoms with van der Waals surface area (Å²) >= 11 is 0. The first-order valence-electron chi connectivity index (χ1n) is 12.0. The van der Waals surface area contributed by atoms with Crippen LogP contribution >= 0.6 is 0 Å². The zero-order valence-electron chi connectivity index (χ0n) is 20.2. The minimum Gasteiger partial charge on any atom is -0.352 e. The van der Waals surface area contributed by atoms with E-state index < -0.39 is 17.7 Å². The van der Waals surface area contributed by atoms with Crippen molar-refractivity contribution in [1.29, 1.82) is 0 Å². The second-order valence-corrected chi connectivity index (χ2v) is 9.23. The van der Waals surface area contributed by atoms with Gasteiger partial charge in [-0.15, -0.1) is 5.10 Å². The summed E-state index contributed by atoms with van der Waals surface area (Å²) in [6.07, 6.45) is 3.01. The minimum atomic E-state index is -4.42. The summed E-state index contributed by atoms with van der Waals surface area (Å²) in [5.74, 6) is 0.613. The Balaban J connectivity index is 1.54. The van der Waals surface area contributed by atoms with Crippen molar-refractivity contribution < 1.29 is 13.2 Å². The number of fused-ring (bicyclic) bond motifs is 2. The van der Waals surface area contributed by atoms with Crippen LogP contribution in [0.15, 0.2) is 78.9 Å². The molecule has 7 heteroatoms. The van der Waals surface area contributed by atoms with Crippen molar-refractivity contribution in [2.24, 2.45) is 0 Å². The molecule has 4 aromatic rings. The third-order valence-corrected chi connectivity index (χ3v) is 6.46. The van der Waals surface area contributed by atoms with Gasteiger partial charge in [0.15, 0.2) is 5.82 Å². The standard InChI is InChI=1S/C29H27F3N4/c1-4-8-19(15-18(2)3)20-12-13-25-21(16-20)17-26(33-25)27-34-28-23(10-7-14-36(28)35-27)22-9-5-6-11-24(22)29(30,31)32/h4-6,8-9,11-13,15-17,23,33H,2,7,10,14H2,1,3H3/b8-4-,19-15+. The maximum Gasteiger partial charge on any atom is 0.416 e. The molecule has 0 aliphatic carbocycles. The van der Waals surface area contributed by atoms with Crippen molar-refractivity contribution in [2.45, 2.75) is 45.3 Å². The number of halogens is 3. The largest absolute Gasteiger partial charge is 0.416 e. The molecule has 0 spiro atoms.